The van der Waals surface area contributed by atoms with Gasteiger partial charge in [0.1, 0.15) is 0 Å². The van der Waals surface area contributed by atoms with Gasteiger partial charge < -0.3 is 10.0 Å². The van der Waals surface area contributed by atoms with Crippen LogP contribution in [-0.4, -0.2) is 59.1 Å². The fourth-order valence-corrected chi connectivity index (χ4v) is 3.47. The molecule has 1 heterocycles. The Morgan fingerprint density at radius 1 is 1.21 bits per heavy atom. The van der Waals surface area contributed by atoms with Crippen molar-refractivity contribution in [3.05, 3.63) is 48.0 Å². The maximum Gasteiger partial charge on any atom is 0.227 e. The van der Waals surface area contributed by atoms with Crippen molar-refractivity contribution in [2.45, 2.75) is 32.4 Å². The number of piperazine rings is 1. The number of carbonyl (C=O) groups excluding carboxylic acids is 1. The number of β-amino-alcohol motifs (C(OH)–C–C–N with tert-alkyl or cyclic N) is 1. The predicted molar refractivity (Wildman–Crippen MR) is 96.9 cm³/mol. The number of rotatable bonds is 4. The molecular weight excluding hydrogens is 300 g/mol. The predicted octanol–water partition coefficient (Wildman–Crippen LogP) is 2.30. The van der Waals surface area contributed by atoms with Crippen molar-refractivity contribution >= 4 is 16.7 Å². The number of amides is 1. The third kappa shape index (κ3) is 3.94. The van der Waals surface area contributed by atoms with Gasteiger partial charge in [0.05, 0.1) is 12.5 Å². The van der Waals surface area contributed by atoms with E-state index in [4.69, 9.17) is 0 Å². The summed E-state index contributed by atoms with van der Waals surface area (Å²) in [7, 11) is 0. The number of hydrogen-bond donors (Lipinski definition) is 1. The van der Waals surface area contributed by atoms with E-state index in [0.29, 0.717) is 13.0 Å². The molecule has 3 rings (SSSR count). The summed E-state index contributed by atoms with van der Waals surface area (Å²) in [4.78, 5) is 16.8. The number of aliphatic hydroxyl groups excluding tert-OH is 1. The normalized spacial score (nSPS) is 20.3. The Labute approximate surface area is 143 Å². The van der Waals surface area contributed by atoms with Crippen molar-refractivity contribution in [1.29, 1.82) is 0 Å². The highest BCUT2D eigenvalue weighted by molar-refractivity contribution is 5.85. The largest absolute Gasteiger partial charge is 0.392 e. The molecule has 1 aliphatic heterocycles. The molecule has 1 N–H and O–H groups in total. The van der Waals surface area contributed by atoms with Gasteiger partial charge >= 0.3 is 0 Å². The lowest BCUT2D eigenvalue weighted by Gasteiger charge is -2.40. The van der Waals surface area contributed by atoms with Gasteiger partial charge in [-0.15, -0.1) is 0 Å². The molecule has 2 aromatic rings. The Morgan fingerprint density at radius 3 is 2.67 bits per heavy atom. The number of carbonyl (C=O) groups is 1. The molecule has 0 saturated carbocycles. The first-order valence-electron chi connectivity index (χ1n) is 8.70. The first kappa shape index (κ1) is 16.9. The van der Waals surface area contributed by atoms with E-state index in [9.17, 15) is 9.90 Å². The molecule has 0 bridgehead atoms. The molecule has 0 unspecified atom stereocenters. The second kappa shape index (κ2) is 7.32. The maximum absolute atomic E-state index is 12.6. The van der Waals surface area contributed by atoms with Crippen LogP contribution in [0, 0.1) is 0 Å². The molecule has 0 aromatic heterocycles. The zero-order valence-corrected chi connectivity index (χ0v) is 14.5. The van der Waals surface area contributed by atoms with E-state index in [-0.39, 0.29) is 18.1 Å². The summed E-state index contributed by atoms with van der Waals surface area (Å²) in [6, 6.07) is 14.8. The summed E-state index contributed by atoms with van der Waals surface area (Å²) < 4.78 is 0. The topological polar surface area (TPSA) is 43.8 Å². The fourth-order valence-electron chi connectivity index (χ4n) is 3.47. The van der Waals surface area contributed by atoms with E-state index >= 15 is 0 Å². The number of benzene rings is 2. The van der Waals surface area contributed by atoms with Crippen LogP contribution in [0.25, 0.3) is 10.8 Å². The Hall–Kier alpha value is -1.91. The Bertz CT molecular complexity index is 714. The van der Waals surface area contributed by atoms with Crippen LogP contribution in [-0.2, 0) is 11.2 Å². The lowest BCUT2D eigenvalue weighted by Crippen LogP contribution is -2.55. The maximum atomic E-state index is 12.6. The van der Waals surface area contributed by atoms with Gasteiger partial charge in [-0.05, 0) is 30.2 Å². The van der Waals surface area contributed by atoms with Crippen LogP contribution in [0.3, 0.4) is 0 Å². The summed E-state index contributed by atoms with van der Waals surface area (Å²) in [5.74, 6) is 0.189. The Balaban J connectivity index is 1.62. The van der Waals surface area contributed by atoms with Gasteiger partial charge in [0.25, 0.3) is 0 Å². The van der Waals surface area contributed by atoms with Gasteiger partial charge in [0.2, 0.25) is 5.91 Å². The minimum absolute atomic E-state index is 0.189. The summed E-state index contributed by atoms with van der Waals surface area (Å²) >= 11 is 0. The van der Waals surface area contributed by atoms with Gasteiger partial charge in [-0.25, -0.2) is 0 Å². The highest BCUT2D eigenvalue weighted by Gasteiger charge is 2.27. The van der Waals surface area contributed by atoms with Crippen LogP contribution < -0.4 is 0 Å². The number of fused-ring (bicyclic) bond motifs is 1. The first-order chi connectivity index (χ1) is 11.5. The van der Waals surface area contributed by atoms with E-state index in [2.05, 4.69) is 36.1 Å². The van der Waals surface area contributed by atoms with Crippen LogP contribution in [0.4, 0.5) is 0 Å². The average molecular weight is 326 g/mol. The van der Waals surface area contributed by atoms with E-state index in [0.717, 1.165) is 25.2 Å². The number of nitrogens with zero attached hydrogens (tertiary/aromatic N) is 2. The molecule has 0 spiro atoms. The molecule has 24 heavy (non-hydrogen) atoms. The van der Waals surface area contributed by atoms with Gasteiger partial charge in [-0.1, -0.05) is 42.5 Å². The minimum atomic E-state index is -0.327. The third-order valence-corrected chi connectivity index (χ3v) is 4.79. The third-order valence-electron chi connectivity index (χ3n) is 4.79. The van der Waals surface area contributed by atoms with Crippen LogP contribution >= 0.6 is 0 Å². The minimum Gasteiger partial charge on any atom is -0.392 e. The standard InChI is InChI=1S/C20H26N2O2/c1-15-13-22(10-9-21(15)14-16(2)23)20(24)12-17-7-8-18-5-3-4-6-19(18)11-17/h3-8,11,15-16,23H,9-10,12-14H2,1-2H3/t15-,16-/m0/s1. The van der Waals surface area contributed by atoms with Crippen LogP contribution in [0.1, 0.15) is 19.4 Å². The lowest BCUT2D eigenvalue weighted by atomic mass is 10.0. The van der Waals surface area contributed by atoms with Crippen molar-refractivity contribution in [2.75, 3.05) is 26.2 Å². The molecule has 2 atom stereocenters. The van der Waals surface area contributed by atoms with Crippen molar-refractivity contribution in [2.24, 2.45) is 0 Å². The van der Waals surface area contributed by atoms with E-state index in [1.807, 2.05) is 30.0 Å². The molecular formula is C20H26N2O2. The monoisotopic (exact) mass is 326 g/mol. The zero-order valence-electron chi connectivity index (χ0n) is 14.5. The van der Waals surface area contributed by atoms with Crippen molar-refractivity contribution in [1.82, 2.24) is 9.80 Å². The van der Waals surface area contributed by atoms with Gasteiger partial charge in [-0.3, -0.25) is 9.69 Å². The van der Waals surface area contributed by atoms with E-state index in [1.165, 1.54) is 10.8 Å². The molecule has 0 radical (unpaired) electrons. The van der Waals surface area contributed by atoms with Crippen molar-refractivity contribution in [3.8, 4) is 0 Å². The molecule has 1 aliphatic rings. The van der Waals surface area contributed by atoms with Crippen LogP contribution in [0.5, 0.6) is 0 Å². The second-order valence-electron chi connectivity index (χ2n) is 6.89. The number of hydrogen-bond acceptors (Lipinski definition) is 3. The molecule has 4 heteroatoms. The number of aliphatic hydroxyl groups is 1. The average Bonchev–Trinajstić information content (AvgIpc) is 2.56. The molecule has 0 aliphatic carbocycles. The first-order valence-corrected chi connectivity index (χ1v) is 8.70. The van der Waals surface area contributed by atoms with Gasteiger partial charge in [0, 0.05) is 32.2 Å². The summed E-state index contributed by atoms with van der Waals surface area (Å²) in [5, 5.41) is 11.9. The highest BCUT2D eigenvalue weighted by atomic mass is 16.3. The quantitative estimate of drug-likeness (QED) is 0.937. The molecule has 1 amide bonds. The molecule has 1 saturated heterocycles. The molecule has 128 valence electrons. The molecule has 4 nitrogen and oxygen atoms in total. The summed E-state index contributed by atoms with van der Waals surface area (Å²) in [5.41, 5.74) is 1.07. The van der Waals surface area contributed by atoms with E-state index < -0.39 is 0 Å². The second-order valence-corrected chi connectivity index (χ2v) is 6.89. The highest BCUT2D eigenvalue weighted by Crippen LogP contribution is 2.17. The Morgan fingerprint density at radius 2 is 1.96 bits per heavy atom. The lowest BCUT2D eigenvalue weighted by molar-refractivity contribution is -0.133. The SMILES string of the molecule is C[C@H](O)CN1CCN(C(=O)Cc2ccc3ccccc3c2)C[C@@H]1C. The summed E-state index contributed by atoms with van der Waals surface area (Å²) in [6.45, 7) is 6.91. The summed E-state index contributed by atoms with van der Waals surface area (Å²) in [6.07, 6.45) is 0.126. The van der Waals surface area contributed by atoms with E-state index in [1.54, 1.807) is 0 Å². The zero-order chi connectivity index (χ0) is 17.1. The van der Waals surface area contributed by atoms with Crippen molar-refractivity contribution in [3.63, 3.8) is 0 Å². The van der Waals surface area contributed by atoms with Crippen molar-refractivity contribution < 1.29 is 9.90 Å². The van der Waals surface area contributed by atoms with Crippen LogP contribution in [0.15, 0.2) is 42.5 Å². The smallest absolute Gasteiger partial charge is 0.227 e. The van der Waals surface area contributed by atoms with Crippen LogP contribution in [0.2, 0.25) is 0 Å². The Kier molecular flexibility index (Phi) is 5.17. The van der Waals surface area contributed by atoms with Gasteiger partial charge in [-0.2, -0.15) is 0 Å². The van der Waals surface area contributed by atoms with Gasteiger partial charge in [0.15, 0.2) is 0 Å². The molecule has 1 fully saturated rings. The molecule has 2 aromatic carbocycles. The fraction of sp³-hybridized carbons (Fsp3) is 0.450.